The molecule has 0 aliphatic carbocycles. The van der Waals surface area contributed by atoms with E-state index < -0.39 is 22.6 Å². The molecule has 0 radical (unpaired) electrons. The molecule has 1 N–H and O–H groups in total. The number of fused-ring (bicyclic) bond motifs is 1. The van der Waals surface area contributed by atoms with Gasteiger partial charge in [-0.1, -0.05) is 35.9 Å². The maximum Gasteiger partial charge on any atom is 0.251 e. The second-order valence-corrected chi connectivity index (χ2v) is 14.2. The summed E-state index contributed by atoms with van der Waals surface area (Å²) in [6.45, 7) is 13.2. The lowest BCUT2D eigenvalue weighted by molar-refractivity contribution is -0.139. The minimum atomic E-state index is -0.763. The minimum absolute atomic E-state index is 0.0700. The Kier molecular flexibility index (Phi) is 10.9. The maximum atomic E-state index is 14.9. The van der Waals surface area contributed by atoms with E-state index in [1.807, 2.05) is 50.2 Å². The van der Waals surface area contributed by atoms with Crippen molar-refractivity contribution in [3.63, 3.8) is 0 Å². The van der Waals surface area contributed by atoms with Crippen LogP contribution in [0.15, 0.2) is 67.8 Å². The van der Waals surface area contributed by atoms with Gasteiger partial charge in [0.25, 0.3) is 5.91 Å². The highest BCUT2D eigenvalue weighted by Gasteiger charge is 2.74. The van der Waals surface area contributed by atoms with Crippen molar-refractivity contribution in [2.24, 2.45) is 11.8 Å². The molecule has 0 aromatic heterocycles. The van der Waals surface area contributed by atoms with Crippen LogP contribution in [0.5, 0.6) is 5.75 Å². The molecule has 3 heterocycles. The van der Waals surface area contributed by atoms with Gasteiger partial charge in [0.05, 0.1) is 33.9 Å². The lowest BCUT2D eigenvalue weighted by Crippen LogP contribution is -2.55. The summed E-state index contributed by atoms with van der Waals surface area (Å²) in [6.07, 6.45) is 6.76. The molecule has 3 saturated heterocycles. The van der Waals surface area contributed by atoms with E-state index >= 15 is 0 Å². The molecule has 1 spiro atoms. The van der Waals surface area contributed by atoms with Crippen LogP contribution in [0.25, 0.3) is 0 Å². The number of carbonyl (C=O) groups excluding carboxylic acids is 3. The molecule has 5 rings (SSSR count). The number of amides is 3. The first-order valence-corrected chi connectivity index (χ1v) is 17.4. The van der Waals surface area contributed by atoms with Crippen molar-refractivity contribution in [3.8, 4) is 5.75 Å². The number of para-hydroxylation sites is 1. The number of halogens is 1. The van der Waals surface area contributed by atoms with Crippen LogP contribution in [0, 0.1) is 18.8 Å². The normalized spacial score (nSPS) is 24.5. The first-order valence-electron chi connectivity index (χ1n) is 16.2. The van der Waals surface area contributed by atoms with Gasteiger partial charge in [0.15, 0.2) is 0 Å². The summed E-state index contributed by atoms with van der Waals surface area (Å²) in [5.41, 5.74) is 2.17. The Morgan fingerprint density at radius 3 is 2.46 bits per heavy atom. The largest absolute Gasteiger partial charge is 0.494 e. The van der Waals surface area contributed by atoms with Crippen molar-refractivity contribution in [2.45, 2.75) is 62.0 Å². The van der Waals surface area contributed by atoms with E-state index in [4.69, 9.17) is 16.3 Å². The molecular weight excluding hydrogens is 622 g/mol. The van der Waals surface area contributed by atoms with Crippen LogP contribution >= 0.6 is 23.4 Å². The highest BCUT2D eigenvalue weighted by molar-refractivity contribution is 8.02. The summed E-state index contributed by atoms with van der Waals surface area (Å²) >= 11 is 8.34. The molecule has 8 nitrogen and oxygen atoms in total. The van der Waals surface area contributed by atoms with Gasteiger partial charge in [0, 0.05) is 37.2 Å². The molecule has 2 unspecified atom stereocenters. The van der Waals surface area contributed by atoms with Crippen LogP contribution in [-0.4, -0.2) is 76.6 Å². The lowest BCUT2D eigenvalue weighted by atomic mass is 9.70. The number of hydrogen-bond acceptors (Lipinski definition) is 6. The third-order valence-corrected chi connectivity index (χ3v) is 11.7. The fraction of sp³-hybridized carbons (Fsp3) is 0.472. The number of hydrogen-bond donors (Lipinski definition) is 1. The number of ether oxygens (including phenoxy) is 1. The van der Waals surface area contributed by atoms with Gasteiger partial charge in [-0.25, -0.2) is 0 Å². The zero-order valence-corrected chi connectivity index (χ0v) is 28.3. The number of aliphatic hydroxyl groups is 1. The molecule has 46 heavy (non-hydrogen) atoms. The van der Waals surface area contributed by atoms with Crippen LogP contribution in [0.4, 0.5) is 11.4 Å². The predicted molar refractivity (Wildman–Crippen MR) is 186 cm³/mol. The molecule has 3 fully saturated rings. The monoisotopic (exact) mass is 665 g/mol. The average molecular weight is 666 g/mol. The van der Waals surface area contributed by atoms with Crippen molar-refractivity contribution >= 4 is 52.5 Å². The first kappa shape index (κ1) is 34.1. The summed E-state index contributed by atoms with van der Waals surface area (Å²) < 4.78 is 4.86. The summed E-state index contributed by atoms with van der Waals surface area (Å²) in [4.78, 5) is 49.1. The summed E-state index contributed by atoms with van der Waals surface area (Å²) in [6, 6.07) is 12.2. The zero-order chi connectivity index (χ0) is 33.0. The SMILES string of the molecule is C=CCN(C(=O)[C@@H]1[C@@H]2CCC3(S2)C(C(=O)N(CC=C)c2c(C)cccc2Cl)N(CCCCCO)C(=O)[C@H]13)c1ccc(OCC)cc1. The zero-order valence-electron chi connectivity index (χ0n) is 26.7. The molecule has 3 aliphatic heterocycles. The van der Waals surface area contributed by atoms with E-state index in [0.29, 0.717) is 61.1 Å². The Bertz CT molecular complexity index is 1450. The van der Waals surface area contributed by atoms with Crippen molar-refractivity contribution in [3.05, 3.63) is 78.4 Å². The number of aryl methyl sites for hydroxylation is 1. The smallest absolute Gasteiger partial charge is 0.251 e. The highest BCUT2D eigenvalue weighted by atomic mass is 35.5. The predicted octanol–water partition coefficient (Wildman–Crippen LogP) is 6.04. The minimum Gasteiger partial charge on any atom is -0.494 e. The van der Waals surface area contributed by atoms with E-state index in [1.54, 1.807) is 44.7 Å². The third kappa shape index (κ3) is 6.09. The molecule has 5 atom stereocenters. The molecule has 0 saturated carbocycles. The number of rotatable bonds is 15. The summed E-state index contributed by atoms with van der Waals surface area (Å²) in [5.74, 6) is -0.970. The number of aliphatic hydroxyl groups excluding tert-OH is 1. The molecule has 10 heteroatoms. The number of benzene rings is 2. The van der Waals surface area contributed by atoms with Crippen molar-refractivity contribution < 1.29 is 24.2 Å². The van der Waals surface area contributed by atoms with Gasteiger partial charge in [0.1, 0.15) is 11.8 Å². The average Bonchev–Trinajstić information content (AvgIpc) is 3.69. The van der Waals surface area contributed by atoms with Crippen molar-refractivity contribution in [1.29, 1.82) is 0 Å². The Morgan fingerprint density at radius 2 is 1.80 bits per heavy atom. The molecule has 246 valence electrons. The third-order valence-electron chi connectivity index (χ3n) is 9.45. The summed E-state index contributed by atoms with van der Waals surface area (Å²) in [7, 11) is 0. The quantitative estimate of drug-likeness (QED) is 0.184. The van der Waals surface area contributed by atoms with Gasteiger partial charge in [0.2, 0.25) is 11.8 Å². The van der Waals surface area contributed by atoms with Crippen molar-refractivity contribution in [2.75, 3.05) is 42.6 Å². The fourth-order valence-electron chi connectivity index (χ4n) is 7.58. The van der Waals surface area contributed by atoms with Gasteiger partial charge < -0.3 is 24.5 Å². The fourth-order valence-corrected chi connectivity index (χ4v) is 10.1. The van der Waals surface area contributed by atoms with Crippen LogP contribution < -0.4 is 14.5 Å². The van der Waals surface area contributed by atoms with E-state index in [-0.39, 0.29) is 36.1 Å². The van der Waals surface area contributed by atoms with Gasteiger partial charge in [-0.2, -0.15) is 0 Å². The second-order valence-electron chi connectivity index (χ2n) is 12.2. The number of carbonyl (C=O) groups is 3. The molecule has 2 aromatic carbocycles. The van der Waals surface area contributed by atoms with E-state index in [1.165, 1.54) is 0 Å². The standard InChI is InChI=1S/C36H44ClN3O5S/c1-5-20-38(25-14-16-26(17-15-25)45-7-3)33(42)29-28-18-19-36(46-28)30(29)34(43)40(22-9-8-10-23-41)32(36)35(44)39(21-6-2)31-24(4)12-11-13-27(31)37/h5-6,11-17,28-30,32,41H,1-2,7-10,18-23H2,3-4H3/t28-,29+,30-,32?,36?/m0/s1. The topological polar surface area (TPSA) is 90.4 Å². The molecule has 2 bridgehead atoms. The number of anilines is 2. The van der Waals surface area contributed by atoms with Gasteiger partial charge in [-0.15, -0.1) is 24.9 Å². The number of nitrogens with zero attached hydrogens (tertiary/aromatic N) is 3. The number of thioether (sulfide) groups is 1. The molecular formula is C36H44ClN3O5S. The summed E-state index contributed by atoms with van der Waals surface area (Å²) in [5, 5.41) is 9.75. The van der Waals surface area contributed by atoms with Crippen LogP contribution in [-0.2, 0) is 14.4 Å². The van der Waals surface area contributed by atoms with E-state index in [0.717, 1.165) is 18.4 Å². The van der Waals surface area contributed by atoms with E-state index in [2.05, 4.69) is 13.2 Å². The van der Waals surface area contributed by atoms with Crippen LogP contribution in [0.2, 0.25) is 5.02 Å². The van der Waals surface area contributed by atoms with Crippen LogP contribution in [0.3, 0.4) is 0 Å². The van der Waals surface area contributed by atoms with Gasteiger partial charge in [-0.3, -0.25) is 14.4 Å². The van der Waals surface area contributed by atoms with Crippen molar-refractivity contribution in [1.82, 2.24) is 4.90 Å². The molecule has 3 amide bonds. The van der Waals surface area contributed by atoms with Crippen LogP contribution in [0.1, 0.15) is 44.6 Å². The second kappa shape index (κ2) is 14.7. The Balaban J connectivity index is 1.54. The Labute approximate surface area is 281 Å². The van der Waals surface area contributed by atoms with Gasteiger partial charge in [-0.05, 0) is 81.8 Å². The molecule has 3 aliphatic rings. The highest BCUT2D eigenvalue weighted by Crippen LogP contribution is 2.67. The maximum absolute atomic E-state index is 14.9. The number of unbranched alkanes of at least 4 members (excludes halogenated alkanes) is 2. The Hall–Kier alpha value is -3.27. The van der Waals surface area contributed by atoms with Gasteiger partial charge >= 0.3 is 0 Å². The van der Waals surface area contributed by atoms with E-state index in [9.17, 15) is 19.5 Å². The first-order chi connectivity index (χ1) is 22.2. The Morgan fingerprint density at radius 1 is 1.09 bits per heavy atom. The number of likely N-dealkylation sites (tertiary alicyclic amines) is 1. The lowest BCUT2D eigenvalue weighted by Gasteiger charge is -2.38. The molecule has 2 aromatic rings.